The van der Waals surface area contributed by atoms with Gasteiger partial charge in [-0.25, -0.2) is 4.98 Å². The van der Waals surface area contributed by atoms with Gasteiger partial charge in [0, 0.05) is 37.5 Å². The number of ether oxygens (including phenoxy) is 1. The van der Waals surface area contributed by atoms with Crippen molar-refractivity contribution in [2.75, 3.05) is 24.5 Å². The van der Waals surface area contributed by atoms with Gasteiger partial charge in [-0.1, -0.05) is 24.3 Å². The topological polar surface area (TPSA) is 72.4 Å². The van der Waals surface area contributed by atoms with Gasteiger partial charge in [-0.05, 0) is 66.2 Å². The van der Waals surface area contributed by atoms with Gasteiger partial charge in [-0.3, -0.25) is 0 Å². The summed E-state index contributed by atoms with van der Waals surface area (Å²) in [7, 11) is 0. The molecule has 6 heteroatoms. The number of nitriles is 1. The van der Waals surface area contributed by atoms with Gasteiger partial charge in [0.15, 0.2) is 13.1 Å². The Labute approximate surface area is 200 Å². The standard InChI is InChI=1S/C28H30N4O2/c29-14-18-5-6-25(30-15-18)32-16-19-3-1-2-4-24(19)28(17-32)7-9-31(10-8-28)27(33)34-26-21-11-20-12-23(26)22(20)13-21/h1-6,15,20-23,26H,7-13,16-17H2/p+1. The second-order valence-electron chi connectivity index (χ2n) is 11.2. The summed E-state index contributed by atoms with van der Waals surface area (Å²) in [5.41, 5.74) is 3.39. The number of hydrogen-bond donors (Lipinski definition) is 1. The molecule has 6 nitrogen and oxygen atoms in total. The lowest BCUT2D eigenvalue weighted by Crippen LogP contribution is -2.52. The van der Waals surface area contributed by atoms with E-state index in [2.05, 4.69) is 44.8 Å². The summed E-state index contributed by atoms with van der Waals surface area (Å²) in [5.74, 6) is 4.08. The van der Waals surface area contributed by atoms with Crippen LogP contribution in [-0.4, -0.2) is 46.5 Å². The van der Waals surface area contributed by atoms with Crippen molar-refractivity contribution in [2.24, 2.45) is 23.7 Å². The van der Waals surface area contributed by atoms with Crippen molar-refractivity contribution in [2.45, 2.75) is 50.2 Å². The van der Waals surface area contributed by atoms with Crippen LogP contribution in [0.1, 0.15) is 48.8 Å². The van der Waals surface area contributed by atoms with Crippen LogP contribution in [0.15, 0.2) is 42.6 Å². The molecular weight excluding hydrogens is 424 g/mol. The maximum absolute atomic E-state index is 10.9. The number of nitrogens with zero attached hydrogens (tertiary/aromatic N) is 4. The number of aliphatic hydroxyl groups is 1. The minimum atomic E-state index is 0.0226. The largest absolute Gasteiger partial charge is 0.546 e. The maximum atomic E-state index is 10.9. The Morgan fingerprint density at radius 1 is 1.09 bits per heavy atom. The first-order chi connectivity index (χ1) is 16.6. The Morgan fingerprint density at radius 2 is 1.91 bits per heavy atom. The SMILES string of the molecule is N#Cc1ccc(N2Cc3ccccc3C3(CC[N+](=C(O)OC4C5CC6CC4C6C5)CC3)C2)nc1. The number of fused-ring (bicyclic) bond motifs is 3. The highest BCUT2D eigenvalue weighted by Crippen LogP contribution is 2.64. The molecule has 1 aromatic carbocycles. The quantitative estimate of drug-likeness (QED) is 0.548. The fraction of sp³-hybridized carbons (Fsp3) is 0.536. The molecule has 1 saturated heterocycles. The molecule has 0 radical (unpaired) electrons. The second-order valence-corrected chi connectivity index (χ2v) is 11.2. The predicted octanol–water partition coefficient (Wildman–Crippen LogP) is 3.99. The molecular formula is C28H31N4O2+. The van der Waals surface area contributed by atoms with E-state index in [0.29, 0.717) is 17.4 Å². The zero-order chi connectivity index (χ0) is 22.9. The third-order valence-corrected chi connectivity index (χ3v) is 9.67. The van der Waals surface area contributed by atoms with E-state index < -0.39 is 0 Å². The summed E-state index contributed by atoms with van der Waals surface area (Å²) < 4.78 is 8.31. The molecule has 1 N–H and O–H groups in total. The van der Waals surface area contributed by atoms with E-state index in [-0.39, 0.29) is 17.6 Å². The summed E-state index contributed by atoms with van der Waals surface area (Å²) in [6.45, 7) is 3.31. The number of hydrogen-bond acceptors (Lipinski definition) is 4. The number of aliphatic hydroxyl groups excluding tert-OH is 1. The number of benzene rings is 1. The molecule has 0 amide bonds. The fourth-order valence-electron chi connectivity index (χ4n) is 7.94. The summed E-state index contributed by atoms with van der Waals surface area (Å²) >= 11 is 0. The van der Waals surface area contributed by atoms with Crippen LogP contribution in [0.25, 0.3) is 0 Å². The van der Waals surface area contributed by atoms with Crippen molar-refractivity contribution in [1.29, 1.82) is 5.26 Å². The van der Waals surface area contributed by atoms with Gasteiger partial charge in [-0.2, -0.15) is 9.84 Å². The van der Waals surface area contributed by atoms with Gasteiger partial charge in [0.2, 0.25) is 0 Å². The van der Waals surface area contributed by atoms with Crippen molar-refractivity contribution in [3.05, 3.63) is 59.3 Å². The van der Waals surface area contributed by atoms with Crippen LogP contribution in [0.5, 0.6) is 0 Å². The molecule has 3 saturated carbocycles. The van der Waals surface area contributed by atoms with Crippen LogP contribution >= 0.6 is 0 Å². The van der Waals surface area contributed by atoms with E-state index in [4.69, 9.17) is 10.00 Å². The van der Waals surface area contributed by atoms with Crippen molar-refractivity contribution >= 4 is 11.9 Å². The molecule has 2 bridgehead atoms. The summed E-state index contributed by atoms with van der Waals surface area (Å²) in [6.07, 6.45) is 7.90. The average Bonchev–Trinajstić information content (AvgIpc) is 3.33. The highest BCUT2D eigenvalue weighted by molar-refractivity contribution is 5.59. The highest BCUT2D eigenvalue weighted by Gasteiger charge is 2.61. The van der Waals surface area contributed by atoms with E-state index >= 15 is 0 Å². The normalized spacial score (nSPS) is 35.0. The van der Waals surface area contributed by atoms with E-state index in [9.17, 15) is 5.11 Å². The molecule has 3 aliphatic carbocycles. The van der Waals surface area contributed by atoms with Gasteiger partial charge in [0.1, 0.15) is 18.0 Å². The van der Waals surface area contributed by atoms with Gasteiger partial charge < -0.3 is 14.7 Å². The van der Waals surface area contributed by atoms with E-state index in [1.165, 1.54) is 30.4 Å². The molecule has 1 aromatic heterocycles. The van der Waals surface area contributed by atoms with Gasteiger partial charge >= 0.3 is 6.08 Å². The van der Waals surface area contributed by atoms with Crippen LogP contribution in [-0.2, 0) is 16.7 Å². The molecule has 174 valence electrons. The third-order valence-electron chi connectivity index (χ3n) is 9.67. The zero-order valence-corrected chi connectivity index (χ0v) is 19.4. The zero-order valence-electron chi connectivity index (χ0n) is 19.4. The first kappa shape index (κ1) is 20.3. The Balaban J connectivity index is 1.12. The fourth-order valence-corrected chi connectivity index (χ4v) is 7.94. The van der Waals surface area contributed by atoms with Crippen molar-refractivity contribution in [3.8, 4) is 6.07 Å². The number of aromatic nitrogens is 1. The maximum Gasteiger partial charge on any atom is 0.546 e. The average molecular weight is 456 g/mol. The molecule has 34 heavy (non-hydrogen) atoms. The molecule has 4 fully saturated rings. The van der Waals surface area contributed by atoms with Gasteiger partial charge in [0.05, 0.1) is 5.56 Å². The van der Waals surface area contributed by atoms with Crippen LogP contribution < -0.4 is 4.90 Å². The number of piperidine rings is 1. The molecule has 3 heterocycles. The highest BCUT2D eigenvalue weighted by atomic mass is 16.6. The monoisotopic (exact) mass is 455 g/mol. The summed E-state index contributed by atoms with van der Waals surface area (Å²) in [6, 6.07) is 14.8. The summed E-state index contributed by atoms with van der Waals surface area (Å²) in [4.78, 5) is 6.93. The first-order valence-corrected chi connectivity index (χ1v) is 12.8. The Bertz CT molecular complexity index is 1190. The van der Waals surface area contributed by atoms with Gasteiger partial charge in [-0.15, -0.1) is 0 Å². The number of rotatable bonds is 2. The van der Waals surface area contributed by atoms with Crippen LogP contribution in [0.3, 0.4) is 0 Å². The van der Waals surface area contributed by atoms with Crippen molar-refractivity contribution in [1.82, 2.24) is 4.98 Å². The molecule has 5 atom stereocenters. The molecule has 5 aliphatic rings. The molecule has 2 aliphatic heterocycles. The van der Waals surface area contributed by atoms with Crippen molar-refractivity contribution < 1.29 is 14.4 Å². The Morgan fingerprint density at radius 3 is 2.62 bits per heavy atom. The number of anilines is 1. The number of pyridine rings is 1. The molecule has 7 rings (SSSR count). The smallest absolute Gasteiger partial charge is 0.430 e. The lowest BCUT2D eigenvalue weighted by molar-refractivity contribution is -0.559. The Hall–Kier alpha value is -3.07. The second kappa shape index (κ2) is 7.46. The van der Waals surface area contributed by atoms with Gasteiger partial charge in [0.25, 0.3) is 0 Å². The predicted molar refractivity (Wildman–Crippen MR) is 128 cm³/mol. The van der Waals surface area contributed by atoms with Crippen LogP contribution in [0.2, 0.25) is 0 Å². The minimum Gasteiger partial charge on any atom is -0.430 e. The van der Waals surface area contributed by atoms with E-state index in [0.717, 1.165) is 56.7 Å². The third kappa shape index (κ3) is 2.99. The first-order valence-electron chi connectivity index (χ1n) is 12.8. The van der Waals surface area contributed by atoms with E-state index in [1.54, 1.807) is 6.20 Å². The van der Waals surface area contributed by atoms with Crippen LogP contribution in [0, 0.1) is 35.0 Å². The minimum absolute atomic E-state index is 0.0226. The summed E-state index contributed by atoms with van der Waals surface area (Å²) in [5, 5.41) is 20.1. The Kier molecular flexibility index (Phi) is 4.46. The van der Waals surface area contributed by atoms with Crippen molar-refractivity contribution in [3.63, 3.8) is 0 Å². The molecule has 2 aromatic rings. The lowest BCUT2D eigenvalue weighted by Gasteiger charge is -2.46. The lowest BCUT2D eigenvalue weighted by atomic mass is 9.63. The van der Waals surface area contributed by atoms with Crippen LogP contribution in [0.4, 0.5) is 5.82 Å². The molecule has 1 spiro atoms. The van der Waals surface area contributed by atoms with E-state index in [1.807, 2.05) is 12.1 Å². The molecule has 5 unspecified atom stereocenters.